The van der Waals surface area contributed by atoms with Crippen molar-refractivity contribution in [3.05, 3.63) is 45.0 Å². The zero-order valence-corrected chi connectivity index (χ0v) is 12.5. The van der Waals surface area contributed by atoms with Gasteiger partial charge >= 0.3 is 0 Å². The first-order valence-electron chi connectivity index (χ1n) is 6.87. The molecule has 0 bridgehead atoms. The molecule has 1 aliphatic heterocycles. The fourth-order valence-electron chi connectivity index (χ4n) is 3.07. The number of rotatable bonds is 2. The first-order chi connectivity index (χ1) is 10.4. The van der Waals surface area contributed by atoms with Crippen molar-refractivity contribution in [2.45, 2.75) is 19.8 Å². The molecule has 0 saturated carbocycles. The number of imide groups is 1. The fourth-order valence-corrected chi connectivity index (χ4v) is 3.32. The third kappa shape index (κ3) is 2.20. The van der Waals surface area contributed by atoms with Crippen LogP contribution in [0.5, 0.6) is 0 Å². The van der Waals surface area contributed by atoms with Gasteiger partial charge in [0.1, 0.15) is 0 Å². The maximum absolute atomic E-state index is 12.6. The number of hydrogen-bond donors (Lipinski definition) is 0. The van der Waals surface area contributed by atoms with Gasteiger partial charge in [-0.25, -0.2) is 4.90 Å². The Hall–Kier alpha value is -2.21. The predicted molar refractivity (Wildman–Crippen MR) is 80.5 cm³/mol. The van der Waals surface area contributed by atoms with E-state index < -0.39 is 10.8 Å². The molecule has 1 saturated heterocycles. The van der Waals surface area contributed by atoms with Crippen molar-refractivity contribution in [2.24, 2.45) is 11.8 Å². The lowest BCUT2D eigenvalue weighted by molar-refractivity contribution is -0.384. The molecule has 1 aromatic rings. The van der Waals surface area contributed by atoms with Crippen LogP contribution in [0, 0.1) is 28.9 Å². The molecule has 7 heteroatoms. The second-order valence-electron chi connectivity index (χ2n) is 5.54. The van der Waals surface area contributed by atoms with Crippen LogP contribution in [0.25, 0.3) is 0 Å². The summed E-state index contributed by atoms with van der Waals surface area (Å²) >= 11 is 5.98. The quantitative estimate of drug-likeness (QED) is 0.476. The predicted octanol–water partition coefficient (Wildman–Crippen LogP) is 2.93. The highest BCUT2D eigenvalue weighted by atomic mass is 35.5. The zero-order chi connectivity index (χ0) is 16.0. The number of aryl methyl sites for hydroxylation is 1. The van der Waals surface area contributed by atoms with Gasteiger partial charge in [0.05, 0.1) is 22.4 Å². The van der Waals surface area contributed by atoms with E-state index >= 15 is 0 Å². The SMILES string of the molecule is Cc1cc([N+](=O)[O-])ccc1N1C(=O)C2CC=C(Cl)CC2C1=O. The standard InChI is InChI=1S/C15H13ClN2O4/c1-8-6-10(18(21)22)3-5-13(8)17-14(19)11-4-2-9(16)7-12(11)15(17)20/h2-3,5-6,11-12H,4,7H2,1H3. The lowest BCUT2D eigenvalue weighted by atomic mass is 9.85. The second-order valence-corrected chi connectivity index (χ2v) is 6.03. The number of non-ortho nitro benzene ring substituents is 1. The van der Waals surface area contributed by atoms with Gasteiger partial charge in [0.15, 0.2) is 0 Å². The highest BCUT2D eigenvalue weighted by Gasteiger charge is 2.49. The van der Waals surface area contributed by atoms with Crippen LogP contribution in [0.2, 0.25) is 0 Å². The monoisotopic (exact) mass is 320 g/mol. The van der Waals surface area contributed by atoms with Crippen LogP contribution >= 0.6 is 11.6 Å². The highest BCUT2D eigenvalue weighted by Crippen LogP contribution is 2.41. The van der Waals surface area contributed by atoms with E-state index in [9.17, 15) is 19.7 Å². The number of carbonyl (C=O) groups is 2. The molecule has 0 spiro atoms. The minimum absolute atomic E-state index is 0.0672. The lowest BCUT2D eigenvalue weighted by Crippen LogP contribution is -2.31. The third-order valence-corrected chi connectivity index (χ3v) is 4.51. The van der Waals surface area contributed by atoms with E-state index in [1.807, 2.05) is 0 Å². The Balaban J connectivity index is 1.98. The summed E-state index contributed by atoms with van der Waals surface area (Å²) in [5.41, 5.74) is 0.863. The third-order valence-electron chi connectivity index (χ3n) is 4.20. The number of halogens is 1. The van der Waals surface area contributed by atoms with Crippen molar-refractivity contribution < 1.29 is 14.5 Å². The Bertz CT molecular complexity index is 728. The molecule has 1 heterocycles. The van der Waals surface area contributed by atoms with Crippen molar-refractivity contribution >= 4 is 34.8 Å². The van der Waals surface area contributed by atoms with E-state index in [0.717, 1.165) is 4.90 Å². The topological polar surface area (TPSA) is 80.5 Å². The Labute approximate surface area is 131 Å². The molecule has 22 heavy (non-hydrogen) atoms. The maximum Gasteiger partial charge on any atom is 0.269 e. The largest absolute Gasteiger partial charge is 0.274 e. The summed E-state index contributed by atoms with van der Waals surface area (Å²) in [5, 5.41) is 11.4. The first kappa shape index (κ1) is 14.7. The molecule has 2 amide bonds. The van der Waals surface area contributed by atoms with Crippen LogP contribution in [0.1, 0.15) is 18.4 Å². The average Bonchev–Trinajstić information content (AvgIpc) is 2.71. The summed E-state index contributed by atoms with van der Waals surface area (Å²) in [6.07, 6.45) is 2.61. The van der Waals surface area contributed by atoms with Gasteiger partial charge < -0.3 is 0 Å². The van der Waals surface area contributed by atoms with Crippen molar-refractivity contribution in [2.75, 3.05) is 4.90 Å². The van der Waals surface area contributed by atoms with Gasteiger partial charge in [0.2, 0.25) is 11.8 Å². The number of allylic oxidation sites excluding steroid dienone is 2. The Morgan fingerprint density at radius 3 is 2.59 bits per heavy atom. The molecule has 1 aliphatic carbocycles. The van der Waals surface area contributed by atoms with E-state index in [-0.39, 0.29) is 23.4 Å². The van der Waals surface area contributed by atoms with Crippen molar-refractivity contribution in [1.82, 2.24) is 0 Å². The minimum Gasteiger partial charge on any atom is -0.274 e. The van der Waals surface area contributed by atoms with Gasteiger partial charge in [-0.05, 0) is 31.4 Å². The molecule has 1 fully saturated rings. The number of carbonyl (C=O) groups excluding carboxylic acids is 2. The molecule has 2 aliphatic rings. The number of amides is 2. The van der Waals surface area contributed by atoms with Crippen LogP contribution in [0.4, 0.5) is 11.4 Å². The molecule has 114 valence electrons. The number of nitro benzene ring substituents is 1. The van der Waals surface area contributed by atoms with E-state index in [1.54, 1.807) is 13.0 Å². The molecule has 3 rings (SSSR count). The van der Waals surface area contributed by atoms with Gasteiger partial charge in [-0.1, -0.05) is 17.7 Å². The van der Waals surface area contributed by atoms with Gasteiger partial charge in [-0.2, -0.15) is 0 Å². The van der Waals surface area contributed by atoms with E-state index in [1.165, 1.54) is 18.2 Å². The number of nitro groups is 1. The van der Waals surface area contributed by atoms with Gasteiger partial charge in [-0.15, -0.1) is 0 Å². The summed E-state index contributed by atoms with van der Waals surface area (Å²) < 4.78 is 0. The summed E-state index contributed by atoms with van der Waals surface area (Å²) in [6, 6.07) is 4.12. The molecule has 0 N–H and O–H groups in total. The van der Waals surface area contributed by atoms with Gasteiger partial charge in [0.25, 0.3) is 5.69 Å². The molecular weight excluding hydrogens is 308 g/mol. The number of hydrogen-bond acceptors (Lipinski definition) is 4. The lowest BCUT2D eigenvalue weighted by Gasteiger charge is -2.17. The number of benzene rings is 1. The molecule has 1 aromatic carbocycles. The average molecular weight is 321 g/mol. The Morgan fingerprint density at radius 2 is 1.95 bits per heavy atom. The van der Waals surface area contributed by atoms with E-state index in [2.05, 4.69) is 0 Å². The molecule has 2 atom stereocenters. The molecular formula is C15H13ClN2O4. The van der Waals surface area contributed by atoms with Gasteiger partial charge in [-0.3, -0.25) is 19.7 Å². The Morgan fingerprint density at radius 1 is 1.27 bits per heavy atom. The second kappa shape index (κ2) is 5.21. The van der Waals surface area contributed by atoms with Crippen LogP contribution in [-0.4, -0.2) is 16.7 Å². The highest BCUT2D eigenvalue weighted by molar-refractivity contribution is 6.30. The molecule has 2 unspecified atom stereocenters. The number of fused-ring (bicyclic) bond motifs is 1. The van der Waals surface area contributed by atoms with Crippen LogP contribution in [0.3, 0.4) is 0 Å². The van der Waals surface area contributed by atoms with E-state index in [0.29, 0.717) is 29.1 Å². The fraction of sp³-hybridized carbons (Fsp3) is 0.333. The van der Waals surface area contributed by atoms with Gasteiger partial charge in [0, 0.05) is 17.2 Å². The molecule has 0 radical (unpaired) electrons. The summed E-state index contributed by atoms with van der Waals surface area (Å²) in [6.45, 7) is 1.65. The van der Waals surface area contributed by atoms with Crippen LogP contribution in [-0.2, 0) is 9.59 Å². The minimum atomic E-state index is -0.506. The molecule has 6 nitrogen and oxygen atoms in total. The van der Waals surface area contributed by atoms with E-state index in [4.69, 9.17) is 11.6 Å². The normalized spacial score (nSPS) is 24.3. The molecule has 0 aromatic heterocycles. The Kier molecular flexibility index (Phi) is 3.48. The zero-order valence-electron chi connectivity index (χ0n) is 11.8. The number of anilines is 1. The number of nitrogens with zero attached hydrogens (tertiary/aromatic N) is 2. The smallest absolute Gasteiger partial charge is 0.269 e. The van der Waals surface area contributed by atoms with Crippen molar-refractivity contribution in [1.29, 1.82) is 0 Å². The maximum atomic E-state index is 12.6. The van der Waals surface area contributed by atoms with Crippen molar-refractivity contribution in [3.63, 3.8) is 0 Å². The summed E-state index contributed by atoms with van der Waals surface area (Å²) in [5.74, 6) is -1.35. The van der Waals surface area contributed by atoms with Crippen molar-refractivity contribution in [3.8, 4) is 0 Å². The van der Waals surface area contributed by atoms with Crippen LogP contribution < -0.4 is 4.90 Å². The summed E-state index contributed by atoms with van der Waals surface area (Å²) in [7, 11) is 0. The van der Waals surface area contributed by atoms with Crippen LogP contribution in [0.15, 0.2) is 29.3 Å². The first-order valence-corrected chi connectivity index (χ1v) is 7.25. The summed E-state index contributed by atoms with van der Waals surface area (Å²) in [4.78, 5) is 36.5.